The molecule has 0 spiro atoms. The summed E-state index contributed by atoms with van der Waals surface area (Å²) in [5.41, 5.74) is 0.776. The van der Waals surface area contributed by atoms with Gasteiger partial charge in [0.2, 0.25) is 0 Å². The van der Waals surface area contributed by atoms with Crippen LogP contribution in [-0.4, -0.2) is 22.2 Å². The van der Waals surface area contributed by atoms with E-state index in [1.807, 2.05) is 48.1 Å². The summed E-state index contributed by atoms with van der Waals surface area (Å²) in [5.74, 6) is 0.953. The molecule has 0 N–H and O–H groups in total. The average molecular weight is 258 g/mol. The molecule has 2 rings (SSSR count). The van der Waals surface area contributed by atoms with Gasteiger partial charge in [0.15, 0.2) is 11.5 Å². The zero-order valence-corrected chi connectivity index (χ0v) is 11.1. The normalized spacial score (nSPS) is 10.4. The van der Waals surface area contributed by atoms with Crippen molar-refractivity contribution in [3.63, 3.8) is 0 Å². The molecule has 19 heavy (non-hydrogen) atoms. The van der Waals surface area contributed by atoms with Crippen LogP contribution in [0.1, 0.15) is 30.1 Å². The Balaban J connectivity index is 1.78. The summed E-state index contributed by atoms with van der Waals surface area (Å²) in [7, 11) is 0. The molecular formula is C15H18N2O2. The van der Waals surface area contributed by atoms with Crippen molar-refractivity contribution in [2.45, 2.75) is 26.3 Å². The number of Topliss-reactive ketones (excluding diaryl/α,β-unsaturated/α-hetero) is 1. The fourth-order valence-corrected chi connectivity index (χ4v) is 1.88. The quantitative estimate of drug-likeness (QED) is 0.717. The summed E-state index contributed by atoms with van der Waals surface area (Å²) in [6.45, 7) is 3.31. The van der Waals surface area contributed by atoms with Crippen molar-refractivity contribution in [2.24, 2.45) is 0 Å². The lowest BCUT2D eigenvalue weighted by Crippen LogP contribution is -2.03. The Bertz CT molecular complexity index is 520. The molecule has 0 fully saturated rings. The van der Waals surface area contributed by atoms with Gasteiger partial charge >= 0.3 is 0 Å². The molecule has 1 heterocycles. The molecule has 1 aromatic carbocycles. The summed E-state index contributed by atoms with van der Waals surface area (Å²) in [6.07, 6.45) is 4.87. The molecule has 2 aromatic rings. The lowest BCUT2D eigenvalue weighted by atomic mass is 10.1. The molecule has 4 nitrogen and oxygen atoms in total. The van der Waals surface area contributed by atoms with Crippen LogP contribution in [0, 0.1) is 0 Å². The third-order valence-electron chi connectivity index (χ3n) is 2.81. The number of rotatable bonds is 7. The van der Waals surface area contributed by atoms with Crippen LogP contribution in [0.3, 0.4) is 0 Å². The zero-order chi connectivity index (χ0) is 13.5. The van der Waals surface area contributed by atoms with Crippen LogP contribution in [0.15, 0.2) is 42.7 Å². The number of aromatic nitrogens is 2. The van der Waals surface area contributed by atoms with Crippen LogP contribution in [0.25, 0.3) is 0 Å². The van der Waals surface area contributed by atoms with E-state index in [4.69, 9.17) is 4.74 Å². The second-order valence-corrected chi connectivity index (χ2v) is 4.26. The minimum atomic E-state index is 0.179. The first-order chi connectivity index (χ1) is 9.29. The first-order valence-electron chi connectivity index (χ1n) is 6.53. The standard InChI is InChI=1S/C15H18N2O2/c1-2-19-14-11-16-17(12-14)10-6-9-15(18)13-7-4-3-5-8-13/h3-5,7-8,11-12H,2,6,9-10H2,1H3. The van der Waals surface area contributed by atoms with E-state index in [2.05, 4.69) is 5.10 Å². The predicted octanol–water partition coefficient (Wildman–Crippen LogP) is 2.94. The smallest absolute Gasteiger partial charge is 0.162 e. The zero-order valence-electron chi connectivity index (χ0n) is 11.1. The van der Waals surface area contributed by atoms with Gasteiger partial charge in [0.05, 0.1) is 19.0 Å². The van der Waals surface area contributed by atoms with Gasteiger partial charge in [-0.2, -0.15) is 5.10 Å². The van der Waals surface area contributed by atoms with Crippen LogP contribution in [0.5, 0.6) is 5.75 Å². The Morgan fingerprint density at radius 3 is 2.84 bits per heavy atom. The van der Waals surface area contributed by atoms with E-state index in [9.17, 15) is 4.79 Å². The van der Waals surface area contributed by atoms with Gasteiger partial charge < -0.3 is 4.74 Å². The van der Waals surface area contributed by atoms with Crippen LogP contribution in [0.4, 0.5) is 0 Å². The number of hydrogen-bond donors (Lipinski definition) is 0. The first kappa shape index (κ1) is 13.3. The molecule has 0 radical (unpaired) electrons. The molecule has 0 saturated heterocycles. The maximum absolute atomic E-state index is 11.9. The molecule has 0 atom stereocenters. The monoisotopic (exact) mass is 258 g/mol. The Labute approximate surface area is 113 Å². The van der Waals surface area contributed by atoms with E-state index < -0.39 is 0 Å². The van der Waals surface area contributed by atoms with E-state index in [0.29, 0.717) is 13.0 Å². The van der Waals surface area contributed by atoms with Gasteiger partial charge in [0.1, 0.15) is 0 Å². The third-order valence-corrected chi connectivity index (χ3v) is 2.81. The fraction of sp³-hybridized carbons (Fsp3) is 0.333. The second-order valence-electron chi connectivity index (χ2n) is 4.26. The highest BCUT2D eigenvalue weighted by atomic mass is 16.5. The van der Waals surface area contributed by atoms with Crippen molar-refractivity contribution in [3.8, 4) is 5.75 Å². The van der Waals surface area contributed by atoms with Gasteiger partial charge in [-0.25, -0.2) is 0 Å². The maximum Gasteiger partial charge on any atom is 0.162 e. The van der Waals surface area contributed by atoms with Gasteiger partial charge in [-0.1, -0.05) is 30.3 Å². The molecular weight excluding hydrogens is 240 g/mol. The van der Waals surface area contributed by atoms with Crippen molar-refractivity contribution >= 4 is 5.78 Å². The summed E-state index contributed by atoms with van der Waals surface area (Å²) in [4.78, 5) is 11.9. The number of benzene rings is 1. The van der Waals surface area contributed by atoms with E-state index >= 15 is 0 Å². The number of aryl methyl sites for hydroxylation is 1. The van der Waals surface area contributed by atoms with Crippen molar-refractivity contribution < 1.29 is 9.53 Å². The highest BCUT2D eigenvalue weighted by Gasteiger charge is 2.05. The number of carbonyl (C=O) groups excluding carboxylic acids is 1. The van der Waals surface area contributed by atoms with Crippen LogP contribution in [-0.2, 0) is 6.54 Å². The van der Waals surface area contributed by atoms with Gasteiger partial charge in [-0.05, 0) is 13.3 Å². The highest BCUT2D eigenvalue weighted by Crippen LogP contribution is 2.10. The minimum Gasteiger partial charge on any atom is -0.491 e. The van der Waals surface area contributed by atoms with E-state index in [0.717, 1.165) is 24.3 Å². The largest absolute Gasteiger partial charge is 0.491 e. The molecule has 4 heteroatoms. The predicted molar refractivity (Wildman–Crippen MR) is 73.4 cm³/mol. The topological polar surface area (TPSA) is 44.1 Å². The summed E-state index contributed by atoms with van der Waals surface area (Å²) >= 11 is 0. The number of nitrogens with zero attached hydrogens (tertiary/aromatic N) is 2. The molecule has 100 valence electrons. The van der Waals surface area contributed by atoms with Crippen molar-refractivity contribution in [1.82, 2.24) is 9.78 Å². The summed E-state index contributed by atoms with van der Waals surface area (Å²) < 4.78 is 7.14. The Hall–Kier alpha value is -2.10. The fourth-order valence-electron chi connectivity index (χ4n) is 1.88. The molecule has 0 aliphatic rings. The second kappa shape index (κ2) is 6.73. The Kier molecular flexibility index (Phi) is 4.72. The molecule has 0 aliphatic carbocycles. The van der Waals surface area contributed by atoms with Crippen LogP contribution >= 0.6 is 0 Å². The molecule has 0 amide bonds. The van der Waals surface area contributed by atoms with Gasteiger partial charge in [0.25, 0.3) is 0 Å². The SMILES string of the molecule is CCOc1cnn(CCCC(=O)c2ccccc2)c1. The average Bonchev–Trinajstić information content (AvgIpc) is 2.88. The van der Waals surface area contributed by atoms with Gasteiger partial charge in [0, 0.05) is 18.5 Å². The number of hydrogen-bond acceptors (Lipinski definition) is 3. The van der Waals surface area contributed by atoms with E-state index in [-0.39, 0.29) is 5.78 Å². The summed E-state index contributed by atoms with van der Waals surface area (Å²) in [6, 6.07) is 9.38. The van der Waals surface area contributed by atoms with E-state index in [1.165, 1.54) is 0 Å². The Morgan fingerprint density at radius 2 is 2.11 bits per heavy atom. The number of carbonyl (C=O) groups is 1. The van der Waals surface area contributed by atoms with Gasteiger partial charge in [-0.3, -0.25) is 9.48 Å². The molecule has 1 aromatic heterocycles. The van der Waals surface area contributed by atoms with Gasteiger partial charge in [-0.15, -0.1) is 0 Å². The number of ketones is 1. The van der Waals surface area contributed by atoms with E-state index in [1.54, 1.807) is 6.20 Å². The highest BCUT2D eigenvalue weighted by molar-refractivity contribution is 5.95. The van der Waals surface area contributed by atoms with Crippen LogP contribution in [0.2, 0.25) is 0 Å². The molecule has 0 unspecified atom stereocenters. The van der Waals surface area contributed by atoms with Crippen molar-refractivity contribution in [1.29, 1.82) is 0 Å². The third kappa shape index (κ3) is 3.95. The lowest BCUT2D eigenvalue weighted by molar-refractivity contribution is 0.0978. The van der Waals surface area contributed by atoms with Crippen molar-refractivity contribution in [2.75, 3.05) is 6.61 Å². The maximum atomic E-state index is 11.9. The lowest BCUT2D eigenvalue weighted by Gasteiger charge is -2.02. The molecule has 0 saturated carbocycles. The first-order valence-corrected chi connectivity index (χ1v) is 6.53. The summed E-state index contributed by atoms with van der Waals surface area (Å²) in [5, 5.41) is 4.18. The number of ether oxygens (including phenoxy) is 1. The Morgan fingerprint density at radius 1 is 1.32 bits per heavy atom. The molecule has 0 bridgehead atoms. The minimum absolute atomic E-state index is 0.179. The van der Waals surface area contributed by atoms with Crippen molar-refractivity contribution in [3.05, 3.63) is 48.3 Å². The van der Waals surface area contributed by atoms with Crippen LogP contribution < -0.4 is 4.74 Å². The molecule has 0 aliphatic heterocycles.